The molecule has 0 aliphatic rings. The van der Waals surface area contributed by atoms with Crippen LogP contribution in [0.5, 0.6) is 0 Å². The van der Waals surface area contributed by atoms with Crippen LogP contribution in [-0.4, -0.2) is 22.6 Å². The van der Waals surface area contributed by atoms with Gasteiger partial charge in [0.05, 0.1) is 0 Å². The van der Waals surface area contributed by atoms with Crippen LogP contribution in [0.15, 0.2) is 42.5 Å². The molecule has 0 amide bonds. The summed E-state index contributed by atoms with van der Waals surface area (Å²) in [4.78, 5) is 15.4. The molecule has 2 aromatic rings. The molecule has 0 atom stereocenters. The lowest BCUT2D eigenvalue weighted by atomic mass is 10.1. The monoisotopic (exact) mass is 270 g/mol. The van der Waals surface area contributed by atoms with Crippen molar-refractivity contribution < 1.29 is 9.90 Å². The van der Waals surface area contributed by atoms with E-state index in [2.05, 4.69) is 22.4 Å². The Kier molecular flexibility index (Phi) is 4.71. The molecular formula is C16H18N2O2. The third-order valence-corrected chi connectivity index (χ3v) is 3.04. The van der Waals surface area contributed by atoms with E-state index in [4.69, 9.17) is 5.11 Å². The van der Waals surface area contributed by atoms with Gasteiger partial charge in [0.2, 0.25) is 0 Å². The third kappa shape index (κ3) is 3.82. The van der Waals surface area contributed by atoms with E-state index in [1.165, 1.54) is 5.56 Å². The summed E-state index contributed by atoms with van der Waals surface area (Å²) in [5.41, 5.74) is 2.31. The fraction of sp³-hybridized carbons (Fsp3) is 0.250. The van der Waals surface area contributed by atoms with Crippen molar-refractivity contribution in [1.29, 1.82) is 0 Å². The normalized spacial score (nSPS) is 10.2. The molecule has 1 aromatic carbocycles. The number of aromatic nitrogens is 1. The number of rotatable bonds is 6. The minimum atomic E-state index is -0.956. The SMILES string of the molecule is Cc1ccc(C(=O)O)c(NCCCc2ccccc2)n1. The Balaban J connectivity index is 1.91. The Morgan fingerprint density at radius 2 is 1.95 bits per heavy atom. The molecule has 1 heterocycles. The standard InChI is InChI=1S/C16H18N2O2/c1-12-9-10-14(16(19)20)15(18-12)17-11-5-8-13-6-3-2-4-7-13/h2-4,6-7,9-10H,5,8,11H2,1H3,(H,17,18)(H,19,20). The molecule has 104 valence electrons. The zero-order valence-corrected chi connectivity index (χ0v) is 11.5. The van der Waals surface area contributed by atoms with Crippen molar-refractivity contribution in [1.82, 2.24) is 4.98 Å². The molecule has 4 heteroatoms. The molecule has 0 aliphatic carbocycles. The van der Waals surface area contributed by atoms with E-state index >= 15 is 0 Å². The van der Waals surface area contributed by atoms with Gasteiger partial charge in [0.1, 0.15) is 11.4 Å². The molecule has 0 saturated carbocycles. The Morgan fingerprint density at radius 1 is 1.20 bits per heavy atom. The molecule has 0 fully saturated rings. The van der Waals surface area contributed by atoms with Gasteiger partial charge in [0.15, 0.2) is 0 Å². The smallest absolute Gasteiger partial charge is 0.339 e. The number of hydrogen-bond donors (Lipinski definition) is 2. The van der Waals surface area contributed by atoms with Crippen molar-refractivity contribution in [3.8, 4) is 0 Å². The highest BCUT2D eigenvalue weighted by Crippen LogP contribution is 2.13. The minimum Gasteiger partial charge on any atom is -0.478 e. The first-order valence-corrected chi connectivity index (χ1v) is 6.65. The summed E-state index contributed by atoms with van der Waals surface area (Å²) in [5, 5.41) is 12.2. The van der Waals surface area contributed by atoms with E-state index < -0.39 is 5.97 Å². The van der Waals surface area contributed by atoms with Crippen LogP contribution in [0.1, 0.15) is 28.0 Å². The Labute approximate surface area is 118 Å². The highest BCUT2D eigenvalue weighted by Gasteiger charge is 2.10. The first-order valence-electron chi connectivity index (χ1n) is 6.65. The molecular weight excluding hydrogens is 252 g/mol. The summed E-state index contributed by atoms with van der Waals surface area (Å²) >= 11 is 0. The molecule has 2 N–H and O–H groups in total. The van der Waals surface area contributed by atoms with E-state index in [-0.39, 0.29) is 5.56 Å². The van der Waals surface area contributed by atoms with Gasteiger partial charge in [-0.3, -0.25) is 0 Å². The highest BCUT2D eigenvalue weighted by molar-refractivity contribution is 5.93. The molecule has 4 nitrogen and oxygen atoms in total. The summed E-state index contributed by atoms with van der Waals surface area (Å²) in [6.07, 6.45) is 1.89. The number of nitrogens with zero attached hydrogens (tertiary/aromatic N) is 1. The van der Waals surface area contributed by atoms with Gasteiger partial charge < -0.3 is 10.4 Å². The Bertz CT molecular complexity index is 582. The average Bonchev–Trinajstić information content (AvgIpc) is 2.44. The van der Waals surface area contributed by atoms with Crippen molar-refractivity contribution in [2.75, 3.05) is 11.9 Å². The van der Waals surface area contributed by atoms with E-state index in [0.29, 0.717) is 12.4 Å². The summed E-state index contributed by atoms with van der Waals surface area (Å²) in [7, 11) is 0. The summed E-state index contributed by atoms with van der Waals surface area (Å²) in [6.45, 7) is 2.55. The lowest BCUT2D eigenvalue weighted by Crippen LogP contribution is -2.10. The van der Waals surface area contributed by atoms with Crippen molar-refractivity contribution in [2.24, 2.45) is 0 Å². The van der Waals surface area contributed by atoms with Crippen molar-refractivity contribution in [2.45, 2.75) is 19.8 Å². The first kappa shape index (κ1) is 14.1. The van der Waals surface area contributed by atoms with E-state index in [1.807, 2.05) is 25.1 Å². The van der Waals surface area contributed by atoms with Crippen molar-refractivity contribution in [3.63, 3.8) is 0 Å². The van der Waals surface area contributed by atoms with Gasteiger partial charge in [-0.05, 0) is 37.5 Å². The number of anilines is 1. The quantitative estimate of drug-likeness (QED) is 0.792. The zero-order chi connectivity index (χ0) is 14.4. The van der Waals surface area contributed by atoms with Gasteiger partial charge in [0.25, 0.3) is 0 Å². The van der Waals surface area contributed by atoms with Crippen LogP contribution in [0, 0.1) is 6.92 Å². The predicted octanol–water partition coefficient (Wildman–Crippen LogP) is 3.13. The van der Waals surface area contributed by atoms with Crippen LogP contribution in [0.4, 0.5) is 5.82 Å². The summed E-state index contributed by atoms with van der Waals surface area (Å²) in [6, 6.07) is 13.5. The molecule has 2 rings (SSSR count). The van der Waals surface area contributed by atoms with Gasteiger partial charge in [-0.15, -0.1) is 0 Å². The lowest BCUT2D eigenvalue weighted by Gasteiger charge is -2.09. The van der Waals surface area contributed by atoms with Gasteiger partial charge >= 0.3 is 5.97 Å². The number of aromatic carboxylic acids is 1. The molecule has 0 unspecified atom stereocenters. The molecule has 0 saturated heterocycles. The number of benzene rings is 1. The summed E-state index contributed by atoms with van der Waals surface area (Å²) in [5.74, 6) is -0.506. The number of hydrogen-bond acceptors (Lipinski definition) is 3. The third-order valence-electron chi connectivity index (χ3n) is 3.04. The maximum absolute atomic E-state index is 11.1. The van der Waals surface area contributed by atoms with Crippen LogP contribution in [-0.2, 0) is 6.42 Å². The first-order chi connectivity index (χ1) is 9.66. The maximum Gasteiger partial charge on any atom is 0.339 e. The summed E-state index contributed by atoms with van der Waals surface area (Å²) < 4.78 is 0. The Morgan fingerprint density at radius 3 is 2.65 bits per heavy atom. The zero-order valence-electron chi connectivity index (χ0n) is 11.5. The van der Waals surface area contributed by atoms with Crippen molar-refractivity contribution in [3.05, 3.63) is 59.3 Å². The van der Waals surface area contributed by atoms with Crippen LogP contribution >= 0.6 is 0 Å². The van der Waals surface area contributed by atoms with Crippen LogP contribution in [0.2, 0.25) is 0 Å². The van der Waals surface area contributed by atoms with Crippen LogP contribution < -0.4 is 5.32 Å². The lowest BCUT2D eigenvalue weighted by molar-refractivity contribution is 0.0697. The number of pyridine rings is 1. The second kappa shape index (κ2) is 6.70. The second-order valence-electron chi connectivity index (χ2n) is 4.67. The molecule has 0 aliphatic heterocycles. The molecule has 0 spiro atoms. The number of carbonyl (C=O) groups is 1. The maximum atomic E-state index is 11.1. The number of carboxylic acid groups (broad SMARTS) is 1. The fourth-order valence-corrected chi connectivity index (χ4v) is 2.01. The van der Waals surface area contributed by atoms with Gasteiger partial charge in [0, 0.05) is 12.2 Å². The fourth-order valence-electron chi connectivity index (χ4n) is 2.01. The Hall–Kier alpha value is -2.36. The second-order valence-corrected chi connectivity index (χ2v) is 4.67. The van der Waals surface area contributed by atoms with E-state index in [0.717, 1.165) is 18.5 Å². The number of carboxylic acids is 1. The van der Waals surface area contributed by atoms with E-state index in [1.54, 1.807) is 12.1 Å². The van der Waals surface area contributed by atoms with Gasteiger partial charge in [-0.2, -0.15) is 0 Å². The number of aryl methyl sites for hydroxylation is 2. The molecule has 0 bridgehead atoms. The van der Waals surface area contributed by atoms with Gasteiger partial charge in [-0.1, -0.05) is 30.3 Å². The molecule has 0 radical (unpaired) electrons. The van der Waals surface area contributed by atoms with Gasteiger partial charge in [-0.25, -0.2) is 9.78 Å². The minimum absolute atomic E-state index is 0.218. The van der Waals surface area contributed by atoms with Crippen LogP contribution in [0.3, 0.4) is 0 Å². The van der Waals surface area contributed by atoms with Crippen LogP contribution in [0.25, 0.3) is 0 Å². The predicted molar refractivity (Wildman–Crippen MR) is 79.2 cm³/mol. The highest BCUT2D eigenvalue weighted by atomic mass is 16.4. The average molecular weight is 270 g/mol. The largest absolute Gasteiger partial charge is 0.478 e. The number of nitrogens with one attached hydrogen (secondary N) is 1. The topological polar surface area (TPSA) is 62.2 Å². The van der Waals surface area contributed by atoms with E-state index in [9.17, 15) is 4.79 Å². The molecule has 1 aromatic heterocycles. The van der Waals surface area contributed by atoms with Crippen molar-refractivity contribution >= 4 is 11.8 Å². The molecule has 20 heavy (non-hydrogen) atoms.